The third kappa shape index (κ3) is 2.57. The van der Waals surface area contributed by atoms with Crippen LogP contribution < -0.4 is 0 Å². The Morgan fingerprint density at radius 1 is 1.50 bits per heavy atom. The van der Waals surface area contributed by atoms with E-state index in [1.54, 1.807) is 11.3 Å². The van der Waals surface area contributed by atoms with Crippen LogP contribution in [0.25, 0.3) is 0 Å². The normalized spacial score (nSPS) is 20.8. The van der Waals surface area contributed by atoms with Crippen molar-refractivity contribution in [2.45, 2.75) is 31.5 Å². The summed E-state index contributed by atoms with van der Waals surface area (Å²) in [6.07, 6.45) is 1.55. The largest absolute Gasteiger partial charge is 0.390 e. The highest BCUT2D eigenvalue weighted by molar-refractivity contribution is 9.10. The fraction of sp³-hybridized carbons (Fsp3) is 0.600. The van der Waals surface area contributed by atoms with Crippen LogP contribution in [0.5, 0.6) is 0 Å². The summed E-state index contributed by atoms with van der Waals surface area (Å²) < 4.78 is 1.05. The average molecular weight is 277 g/mol. The van der Waals surface area contributed by atoms with Crippen LogP contribution in [-0.2, 0) is 6.42 Å². The zero-order valence-corrected chi connectivity index (χ0v) is 10.1. The highest BCUT2D eigenvalue weighted by atomic mass is 79.9. The van der Waals surface area contributed by atoms with Crippen LogP contribution in [0.2, 0.25) is 0 Å². The Balaban J connectivity index is 1.89. The number of hydrogen-bond donors (Lipinski definition) is 2. The molecule has 2 nitrogen and oxygen atoms in total. The van der Waals surface area contributed by atoms with Gasteiger partial charge in [-0.05, 0) is 40.8 Å². The molecule has 0 aromatic carbocycles. The molecule has 1 aliphatic rings. The van der Waals surface area contributed by atoms with Crippen molar-refractivity contribution in [3.05, 3.63) is 20.8 Å². The summed E-state index contributed by atoms with van der Waals surface area (Å²) in [5, 5.41) is 21.4. The molecule has 1 aromatic heterocycles. The molecule has 0 bridgehead atoms. The first-order chi connectivity index (χ1) is 6.66. The summed E-state index contributed by atoms with van der Waals surface area (Å²) in [6.45, 7) is 0. The first-order valence-electron chi connectivity index (χ1n) is 4.76. The van der Waals surface area contributed by atoms with Crippen molar-refractivity contribution in [2.24, 2.45) is 5.92 Å². The molecule has 78 valence electrons. The van der Waals surface area contributed by atoms with Gasteiger partial charge in [0.2, 0.25) is 0 Å². The van der Waals surface area contributed by atoms with Crippen molar-refractivity contribution < 1.29 is 10.2 Å². The molecule has 0 saturated heterocycles. The summed E-state index contributed by atoms with van der Waals surface area (Å²) in [4.78, 5) is 1.11. The van der Waals surface area contributed by atoms with Gasteiger partial charge in [-0.25, -0.2) is 0 Å². The second kappa shape index (κ2) is 4.31. The lowest BCUT2D eigenvalue weighted by Gasteiger charge is -2.15. The smallest absolute Gasteiger partial charge is 0.0849 e. The van der Waals surface area contributed by atoms with Crippen molar-refractivity contribution in [1.82, 2.24) is 0 Å². The van der Waals surface area contributed by atoms with Crippen LogP contribution in [0.4, 0.5) is 0 Å². The number of rotatable bonds is 4. The van der Waals surface area contributed by atoms with Gasteiger partial charge in [0, 0.05) is 21.2 Å². The van der Waals surface area contributed by atoms with Crippen LogP contribution in [0, 0.1) is 5.92 Å². The molecular weight excluding hydrogens is 264 g/mol. The molecule has 0 radical (unpaired) electrons. The van der Waals surface area contributed by atoms with Crippen molar-refractivity contribution in [3.8, 4) is 0 Å². The van der Waals surface area contributed by atoms with E-state index in [4.69, 9.17) is 0 Å². The molecule has 2 N–H and O–H groups in total. The van der Waals surface area contributed by atoms with Gasteiger partial charge in [0.25, 0.3) is 0 Å². The maximum Gasteiger partial charge on any atom is 0.0849 e. The quantitative estimate of drug-likeness (QED) is 0.885. The molecular formula is C10H13BrO2S. The van der Waals surface area contributed by atoms with E-state index in [0.29, 0.717) is 12.3 Å². The van der Waals surface area contributed by atoms with Crippen LogP contribution in [0.3, 0.4) is 0 Å². The van der Waals surface area contributed by atoms with Gasteiger partial charge in [-0.2, -0.15) is 0 Å². The van der Waals surface area contributed by atoms with Crippen LogP contribution >= 0.6 is 27.3 Å². The minimum absolute atomic E-state index is 0.341. The predicted molar refractivity (Wildman–Crippen MR) is 60.5 cm³/mol. The van der Waals surface area contributed by atoms with E-state index in [0.717, 1.165) is 22.2 Å². The molecule has 1 aromatic rings. The third-order valence-electron chi connectivity index (χ3n) is 2.53. The molecule has 2 unspecified atom stereocenters. The van der Waals surface area contributed by atoms with Gasteiger partial charge in [-0.15, -0.1) is 11.3 Å². The van der Waals surface area contributed by atoms with Crippen LogP contribution in [0.15, 0.2) is 15.9 Å². The molecule has 0 aliphatic heterocycles. The van der Waals surface area contributed by atoms with E-state index < -0.39 is 12.2 Å². The van der Waals surface area contributed by atoms with Gasteiger partial charge >= 0.3 is 0 Å². The molecule has 0 amide bonds. The van der Waals surface area contributed by atoms with E-state index in [1.165, 1.54) is 0 Å². The van der Waals surface area contributed by atoms with Gasteiger partial charge in [-0.3, -0.25) is 0 Å². The van der Waals surface area contributed by atoms with Gasteiger partial charge in [0.1, 0.15) is 0 Å². The average Bonchev–Trinajstić information content (AvgIpc) is 2.91. The summed E-state index contributed by atoms with van der Waals surface area (Å²) in [5.41, 5.74) is 0. The molecule has 1 fully saturated rings. The molecule has 4 heteroatoms. The summed E-state index contributed by atoms with van der Waals surface area (Å²) in [6, 6.07) is 1.99. The Bertz CT molecular complexity index is 309. The Kier molecular flexibility index (Phi) is 3.27. The molecule has 2 rings (SSSR count). The molecule has 1 heterocycles. The second-order valence-electron chi connectivity index (χ2n) is 3.83. The fourth-order valence-corrected chi connectivity index (χ4v) is 3.04. The minimum atomic E-state index is -0.604. The van der Waals surface area contributed by atoms with Gasteiger partial charge < -0.3 is 10.2 Å². The van der Waals surface area contributed by atoms with E-state index in [-0.39, 0.29) is 0 Å². The van der Waals surface area contributed by atoms with Crippen molar-refractivity contribution >= 4 is 27.3 Å². The number of aliphatic hydroxyl groups excluding tert-OH is 2. The maximum atomic E-state index is 9.73. The number of halogens is 1. The second-order valence-corrected chi connectivity index (χ2v) is 5.74. The lowest BCUT2D eigenvalue weighted by atomic mass is 10.1. The van der Waals surface area contributed by atoms with Crippen molar-refractivity contribution in [3.63, 3.8) is 0 Å². The molecule has 1 saturated carbocycles. The fourth-order valence-electron chi connectivity index (χ4n) is 1.54. The van der Waals surface area contributed by atoms with E-state index >= 15 is 0 Å². The van der Waals surface area contributed by atoms with Gasteiger partial charge in [0.05, 0.1) is 12.2 Å². The summed E-state index contributed by atoms with van der Waals surface area (Å²) in [5.74, 6) is 0.341. The van der Waals surface area contributed by atoms with E-state index in [2.05, 4.69) is 15.9 Å². The Morgan fingerprint density at radius 3 is 2.71 bits per heavy atom. The highest BCUT2D eigenvalue weighted by Gasteiger charge is 2.34. The Hall–Kier alpha value is 0.1000. The van der Waals surface area contributed by atoms with Gasteiger partial charge in [0.15, 0.2) is 0 Å². The first-order valence-corrected chi connectivity index (χ1v) is 6.43. The molecule has 2 atom stereocenters. The first kappa shape index (κ1) is 10.6. The Labute approximate surface area is 95.7 Å². The molecule has 14 heavy (non-hydrogen) atoms. The topological polar surface area (TPSA) is 40.5 Å². The van der Waals surface area contributed by atoms with E-state index in [9.17, 15) is 10.2 Å². The number of aliphatic hydroxyl groups is 2. The van der Waals surface area contributed by atoms with Gasteiger partial charge in [-0.1, -0.05) is 0 Å². The van der Waals surface area contributed by atoms with Crippen molar-refractivity contribution in [1.29, 1.82) is 0 Å². The van der Waals surface area contributed by atoms with E-state index in [1.807, 2.05) is 11.4 Å². The monoisotopic (exact) mass is 276 g/mol. The molecule has 0 spiro atoms. The Morgan fingerprint density at radius 2 is 2.21 bits per heavy atom. The highest BCUT2D eigenvalue weighted by Crippen LogP contribution is 2.35. The summed E-state index contributed by atoms with van der Waals surface area (Å²) >= 11 is 4.98. The number of thiophene rings is 1. The maximum absolute atomic E-state index is 9.73. The summed E-state index contributed by atoms with van der Waals surface area (Å²) in [7, 11) is 0. The molecule has 1 aliphatic carbocycles. The van der Waals surface area contributed by atoms with Crippen molar-refractivity contribution in [2.75, 3.05) is 0 Å². The SMILES string of the molecule is OC(Cc1cc(Br)cs1)C(O)C1CC1. The predicted octanol–water partition coefficient (Wildman–Crippen LogP) is 2.18. The third-order valence-corrected chi connectivity index (χ3v) is 4.25. The minimum Gasteiger partial charge on any atom is -0.390 e. The van der Waals surface area contributed by atoms with Crippen LogP contribution in [-0.4, -0.2) is 22.4 Å². The lowest BCUT2D eigenvalue weighted by Crippen LogP contribution is -2.29. The number of hydrogen-bond acceptors (Lipinski definition) is 3. The van der Waals surface area contributed by atoms with Crippen LogP contribution in [0.1, 0.15) is 17.7 Å². The zero-order valence-electron chi connectivity index (χ0n) is 7.69. The lowest BCUT2D eigenvalue weighted by molar-refractivity contribution is 0.00716. The zero-order chi connectivity index (χ0) is 10.1. The standard InChI is InChI=1S/C10H13BrO2S/c11-7-3-8(14-5-7)4-9(12)10(13)6-1-2-6/h3,5-6,9-10,12-13H,1-2,4H2.